The molecule has 5 heteroatoms. The van der Waals surface area contributed by atoms with E-state index in [9.17, 15) is 4.79 Å². The second kappa shape index (κ2) is 6.56. The molecule has 0 saturated carbocycles. The molecule has 0 spiro atoms. The number of aryl methyl sites for hydroxylation is 1. The summed E-state index contributed by atoms with van der Waals surface area (Å²) in [4.78, 5) is 12.7. The largest absolute Gasteiger partial charge is 0.493 e. The molecule has 2 aromatic carbocycles. The molecule has 1 aliphatic heterocycles. The Morgan fingerprint density at radius 3 is 3.00 bits per heavy atom. The molecule has 1 N–H and O–H groups in total. The van der Waals surface area contributed by atoms with Crippen LogP contribution in [-0.2, 0) is 11.3 Å². The van der Waals surface area contributed by atoms with E-state index >= 15 is 0 Å². The summed E-state index contributed by atoms with van der Waals surface area (Å²) >= 11 is 3.50. The van der Waals surface area contributed by atoms with Gasteiger partial charge in [0.1, 0.15) is 12.3 Å². The molecule has 0 bridgehead atoms. The van der Waals surface area contributed by atoms with Gasteiger partial charge < -0.3 is 14.6 Å². The Bertz CT molecular complexity index is 948. The van der Waals surface area contributed by atoms with Crippen molar-refractivity contribution < 1.29 is 9.53 Å². The van der Waals surface area contributed by atoms with E-state index in [1.54, 1.807) is 0 Å². The summed E-state index contributed by atoms with van der Waals surface area (Å²) in [5.41, 5.74) is 3.21. The molecule has 4 rings (SSSR count). The minimum absolute atomic E-state index is 0.0160. The number of carbonyl (C=O) groups excluding carboxylic acids is 1. The molecule has 1 aromatic heterocycles. The van der Waals surface area contributed by atoms with E-state index in [0.717, 1.165) is 38.8 Å². The highest BCUT2D eigenvalue weighted by molar-refractivity contribution is 9.10. The summed E-state index contributed by atoms with van der Waals surface area (Å²) in [6, 6.07) is 16.2. The van der Waals surface area contributed by atoms with E-state index in [1.165, 1.54) is 0 Å². The van der Waals surface area contributed by atoms with Gasteiger partial charge in [-0.1, -0.05) is 34.1 Å². The number of nitrogens with zero attached hydrogens (tertiary/aromatic N) is 1. The van der Waals surface area contributed by atoms with Crippen LogP contribution in [0.25, 0.3) is 10.9 Å². The molecule has 1 aliphatic rings. The maximum absolute atomic E-state index is 12.7. The molecule has 3 aromatic rings. The predicted octanol–water partition coefficient (Wildman–Crippen LogP) is 4.35. The van der Waals surface area contributed by atoms with Crippen LogP contribution in [0.4, 0.5) is 0 Å². The lowest BCUT2D eigenvalue weighted by Crippen LogP contribution is -2.34. The molecular formula is C20H19BrN2O2. The highest BCUT2D eigenvalue weighted by Gasteiger charge is 2.23. The number of halogens is 1. The Hall–Kier alpha value is -2.27. The summed E-state index contributed by atoms with van der Waals surface area (Å²) < 4.78 is 8.75. The van der Waals surface area contributed by atoms with Crippen LogP contribution < -0.4 is 10.1 Å². The van der Waals surface area contributed by atoms with Crippen LogP contribution in [0.5, 0.6) is 5.75 Å². The Morgan fingerprint density at radius 1 is 1.28 bits per heavy atom. The molecule has 1 atom stereocenters. The van der Waals surface area contributed by atoms with Crippen LogP contribution in [0.1, 0.15) is 23.7 Å². The summed E-state index contributed by atoms with van der Waals surface area (Å²) in [5, 5.41) is 4.33. The molecule has 1 unspecified atom stereocenters. The topological polar surface area (TPSA) is 43.3 Å². The number of hydrogen-bond donors (Lipinski definition) is 1. The van der Waals surface area contributed by atoms with Gasteiger partial charge in [-0.3, -0.25) is 4.79 Å². The van der Waals surface area contributed by atoms with Crippen molar-refractivity contribution in [3.8, 4) is 5.75 Å². The number of carbonyl (C=O) groups is 1. The van der Waals surface area contributed by atoms with Crippen molar-refractivity contribution in [1.29, 1.82) is 0 Å². The normalized spacial score (nSPS) is 16.3. The molecule has 0 aliphatic carbocycles. The molecule has 4 nitrogen and oxygen atoms in total. The van der Waals surface area contributed by atoms with E-state index in [1.807, 2.05) is 37.3 Å². The minimum atomic E-state index is -0.0177. The van der Waals surface area contributed by atoms with Gasteiger partial charge in [0.05, 0.1) is 12.6 Å². The number of ether oxygens (including phenoxy) is 1. The number of hydrogen-bond acceptors (Lipinski definition) is 2. The first-order valence-corrected chi connectivity index (χ1v) is 9.17. The lowest BCUT2D eigenvalue weighted by Gasteiger charge is -2.27. The fourth-order valence-electron chi connectivity index (χ4n) is 3.46. The van der Waals surface area contributed by atoms with Crippen molar-refractivity contribution >= 4 is 32.7 Å². The SMILES string of the molecule is Cc1cc2ccccc2n1CC(=O)NC1CCOc2ccc(Br)cc21. The number of fused-ring (bicyclic) bond motifs is 2. The Balaban J connectivity index is 1.55. The van der Waals surface area contributed by atoms with Crippen molar-refractivity contribution in [1.82, 2.24) is 9.88 Å². The first-order chi connectivity index (χ1) is 12.1. The number of para-hydroxylation sites is 1. The monoisotopic (exact) mass is 398 g/mol. The quantitative estimate of drug-likeness (QED) is 0.712. The molecule has 1 amide bonds. The van der Waals surface area contributed by atoms with Gasteiger partial charge >= 0.3 is 0 Å². The van der Waals surface area contributed by atoms with Crippen LogP contribution in [0.3, 0.4) is 0 Å². The number of nitrogens with one attached hydrogen (secondary N) is 1. The van der Waals surface area contributed by atoms with Crippen molar-refractivity contribution in [2.24, 2.45) is 0 Å². The highest BCUT2D eigenvalue weighted by Crippen LogP contribution is 2.34. The van der Waals surface area contributed by atoms with Crippen LogP contribution in [0, 0.1) is 6.92 Å². The number of amides is 1. The van der Waals surface area contributed by atoms with E-state index in [2.05, 4.69) is 44.0 Å². The Morgan fingerprint density at radius 2 is 2.12 bits per heavy atom. The van der Waals surface area contributed by atoms with Crippen molar-refractivity contribution in [3.05, 3.63) is 64.3 Å². The zero-order valence-corrected chi connectivity index (χ0v) is 15.5. The lowest BCUT2D eigenvalue weighted by molar-refractivity contribution is -0.122. The highest BCUT2D eigenvalue weighted by atomic mass is 79.9. The predicted molar refractivity (Wildman–Crippen MR) is 102 cm³/mol. The molecule has 0 saturated heterocycles. The van der Waals surface area contributed by atoms with Crippen LogP contribution in [0.15, 0.2) is 53.0 Å². The molecular weight excluding hydrogens is 380 g/mol. The third-order valence-electron chi connectivity index (χ3n) is 4.67. The first kappa shape index (κ1) is 16.2. The minimum Gasteiger partial charge on any atom is -0.493 e. The third-order valence-corrected chi connectivity index (χ3v) is 5.16. The van der Waals surface area contributed by atoms with Gasteiger partial charge in [0.25, 0.3) is 0 Å². The lowest BCUT2D eigenvalue weighted by atomic mass is 10.0. The van der Waals surface area contributed by atoms with Gasteiger partial charge in [0.15, 0.2) is 0 Å². The first-order valence-electron chi connectivity index (χ1n) is 8.38. The van der Waals surface area contributed by atoms with Gasteiger partial charge in [-0.05, 0) is 42.6 Å². The molecule has 0 radical (unpaired) electrons. The summed E-state index contributed by atoms with van der Waals surface area (Å²) in [6.07, 6.45) is 0.778. The number of aromatic nitrogens is 1. The molecule has 2 heterocycles. The summed E-state index contributed by atoms with van der Waals surface area (Å²) in [7, 11) is 0. The second-order valence-electron chi connectivity index (χ2n) is 6.37. The van der Waals surface area contributed by atoms with Crippen LogP contribution in [-0.4, -0.2) is 17.1 Å². The molecule has 25 heavy (non-hydrogen) atoms. The third kappa shape index (κ3) is 3.16. The number of rotatable bonds is 3. The van der Waals surface area contributed by atoms with E-state index < -0.39 is 0 Å². The molecule has 0 fully saturated rings. The van der Waals surface area contributed by atoms with E-state index in [0.29, 0.717) is 13.2 Å². The fraction of sp³-hybridized carbons (Fsp3) is 0.250. The smallest absolute Gasteiger partial charge is 0.240 e. The standard InChI is InChI=1S/C20H19BrN2O2/c1-13-10-14-4-2-3-5-18(14)23(13)12-20(24)22-17-8-9-25-19-7-6-15(21)11-16(17)19/h2-7,10-11,17H,8-9,12H2,1H3,(H,22,24). The van der Waals surface area contributed by atoms with Crippen molar-refractivity contribution in [2.45, 2.75) is 25.9 Å². The van der Waals surface area contributed by atoms with Crippen LogP contribution in [0.2, 0.25) is 0 Å². The van der Waals surface area contributed by atoms with Gasteiger partial charge in [-0.2, -0.15) is 0 Å². The average Bonchev–Trinajstić information content (AvgIpc) is 2.91. The van der Waals surface area contributed by atoms with E-state index in [-0.39, 0.29) is 11.9 Å². The van der Waals surface area contributed by atoms with Gasteiger partial charge in [-0.25, -0.2) is 0 Å². The number of benzene rings is 2. The Kier molecular flexibility index (Phi) is 4.25. The summed E-state index contributed by atoms with van der Waals surface area (Å²) in [6.45, 7) is 2.97. The van der Waals surface area contributed by atoms with Gasteiger partial charge in [-0.15, -0.1) is 0 Å². The average molecular weight is 399 g/mol. The van der Waals surface area contributed by atoms with Crippen LogP contribution >= 0.6 is 15.9 Å². The maximum Gasteiger partial charge on any atom is 0.240 e. The van der Waals surface area contributed by atoms with Gasteiger partial charge in [0.2, 0.25) is 5.91 Å². The van der Waals surface area contributed by atoms with Crippen molar-refractivity contribution in [2.75, 3.05) is 6.61 Å². The fourth-order valence-corrected chi connectivity index (χ4v) is 3.84. The zero-order valence-electron chi connectivity index (χ0n) is 14.0. The van der Waals surface area contributed by atoms with Crippen molar-refractivity contribution in [3.63, 3.8) is 0 Å². The zero-order chi connectivity index (χ0) is 17.4. The van der Waals surface area contributed by atoms with E-state index in [4.69, 9.17) is 4.74 Å². The van der Waals surface area contributed by atoms with Gasteiger partial charge in [0, 0.05) is 27.7 Å². The molecule has 128 valence electrons. The maximum atomic E-state index is 12.7. The Labute approximate surface area is 154 Å². The second-order valence-corrected chi connectivity index (χ2v) is 7.29. The summed E-state index contributed by atoms with van der Waals surface area (Å²) in [5.74, 6) is 0.865.